The summed E-state index contributed by atoms with van der Waals surface area (Å²) in [6, 6.07) is 15.3. The van der Waals surface area contributed by atoms with E-state index in [-0.39, 0.29) is 11.4 Å². The van der Waals surface area contributed by atoms with Gasteiger partial charge in [0.25, 0.3) is 5.91 Å². The Balaban J connectivity index is 1.72. The van der Waals surface area contributed by atoms with E-state index in [2.05, 4.69) is 20.9 Å². The Morgan fingerprint density at radius 2 is 2.00 bits per heavy atom. The summed E-state index contributed by atoms with van der Waals surface area (Å²) in [5, 5.41) is 11.1. The number of amides is 1. The summed E-state index contributed by atoms with van der Waals surface area (Å²) >= 11 is 4.80. The van der Waals surface area contributed by atoms with Crippen molar-refractivity contribution in [2.24, 2.45) is 4.99 Å². The minimum Gasteiger partial charge on any atom is -0.496 e. The quantitative estimate of drug-likeness (QED) is 0.699. The van der Waals surface area contributed by atoms with E-state index in [1.54, 1.807) is 18.1 Å². The fourth-order valence-corrected chi connectivity index (χ4v) is 4.30. The second-order valence-corrected chi connectivity index (χ2v) is 7.51. The van der Waals surface area contributed by atoms with Crippen LogP contribution in [0.25, 0.3) is 11.8 Å². The molecule has 0 saturated carbocycles. The highest BCUT2D eigenvalue weighted by Gasteiger charge is 2.36. The van der Waals surface area contributed by atoms with E-state index in [9.17, 15) is 4.79 Å². The van der Waals surface area contributed by atoms with Crippen LogP contribution in [0.4, 0.5) is 0 Å². The number of thioether (sulfide) groups is 1. The number of fused-ring (bicyclic) bond motifs is 1. The SMILES string of the molecule is COc1ccc(/C=C2\C(=N)N3C(c4ccccc4)=CSC3=NC2=O)cc1Br. The first kappa shape index (κ1) is 17.8. The predicted molar refractivity (Wildman–Crippen MR) is 113 cm³/mol. The Morgan fingerprint density at radius 1 is 1.22 bits per heavy atom. The lowest BCUT2D eigenvalue weighted by molar-refractivity contribution is -0.114. The molecule has 0 spiro atoms. The van der Waals surface area contributed by atoms with Gasteiger partial charge >= 0.3 is 0 Å². The molecule has 2 heterocycles. The van der Waals surface area contributed by atoms with Gasteiger partial charge in [-0.05, 0) is 45.3 Å². The lowest BCUT2D eigenvalue weighted by atomic mass is 10.1. The molecule has 27 heavy (non-hydrogen) atoms. The monoisotopic (exact) mass is 439 g/mol. The van der Waals surface area contributed by atoms with Crippen molar-refractivity contribution in [2.45, 2.75) is 0 Å². The molecule has 0 fully saturated rings. The van der Waals surface area contributed by atoms with Crippen molar-refractivity contribution in [1.29, 1.82) is 5.41 Å². The Hall–Kier alpha value is -2.64. The summed E-state index contributed by atoms with van der Waals surface area (Å²) in [5.41, 5.74) is 2.85. The van der Waals surface area contributed by atoms with Crippen LogP contribution >= 0.6 is 27.7 Å². The lowest BCUT2D eigenvalue weighted by Crippen LogP contribution is -2.38. The van der Waals surface area contributed by atoms with Crippen LogP contribution in [0, 0.1) is 5.41 Å². The van der Waals surface area contributed by atoms with Gasteiger partial charge in [-0.3, -0.25) is 15.1 Å². The molecule has 5 nitrogen and oxygen atoms in total. The molecule has 1 amide bonds. The summed E-state index contributed by atoms with van der Waals surface area (Å²) in [4.78, 5) is 18.4. The highest BCUT2D eigenvalue weighted by molar-refractivity contribution is 9.10. The number of carbonyl (C=O) groups is 1. The highest BCUT2D eigenvalue weighted by Crippen LogP contribution is 2.37. The maximum absolute atomic E-state index is 12.5. The van der Waals surface area contributed by atoms with Crippen LogP contribution < -0.4 is 4.74 Å². The summed E-state index contributed by atoms with van der Waals surface area (Å²) in [6.45, 7) is 0. The molecular formula is C20H14BrN3O2S. The third-order valence-electron chi connectivity index (χ3n) is 4.17. The molecule has 0 radical (unpaired) electrons. The average molecular weight is 440 g/mol. The summed E-state index contributed by atoms with van der Waals surface area (Å²) < 4.78 is 6.01. The normalized spacial score (nSPS) is 17.7. The number of carbonyl (C=O) groups excluding carboxylic acids is 1. The minimum atomic E-state index is -0.409. The predicted octanol–water partition coefficient (Wildman–Crippen LogP) is 4.76. The lowest BCUT2D eigenvalue weighted by Gasteiger charge is -2.26. The Morgan fingerprint density at radius 3 is 2.70 bits per heavy atom. The minimum absolute atomic E-state index is 0.122. The number of halogens is 1. The molecule has 0 saturated heterocycles. The first-order chi connectivity index (χ1) is 13.1. The molecule has 4 rings (SSSR count). The van der Waals surface area contributed by atoms with Gasteiger partial charge in [-0.15, -0.1) is 0 Å². The zero-order chi connectivity index (χ0) is 19.0. The van der Waals surface area contributed by atoms with Gasteiger partial charge in [0, 0.05) is 5.41 Å². The average Bonchev–Trinajstić information content (AvgIpc) is 3.10. The number of methoxy groups -OCH3 is 1. The fraction of sp³-hybridized carbons (Fsp3) is 0.0500. The van der Waals surface area contributed by atoms with Gasteiger partial charge in [0.2, 0.25) is 0 Å². The van der Waals surface area contributed by atoms with Gasteiger partial charge in [-0.1, -0.05) is 48.2 Å². The van der Waals surface area contributed by atoms with E-state index in [0.717, 1.165) is 21.3 Å². The van der Waals surface area contributed by atoms with Crippen LogP contribution in [-0.4, -0.2) is 28.9 Å². The number of amidine groups is 2. The highest BCUT2D eigenvalue weighted by atomic mass is 79.9. The summed E-state index contributed by atoms with van der Waals surface area (Å²) in [5.74, 6) is 0.415. The molecule has 0 aromatic heterocycles. The maximum atomic E-state index is 12.5. The molecule has 2 aliphatic rings. The van der Waals surface area contributed by atoms with Crippen LogP contribution in [0.2, 0.25) is 0 Å². The molecule has 2 aliphatic heterocycles. The van der Waals surface area contributed by atoms with E-state index in [1.165, 1.54) is 11.8 Å². The number of hydrogen-bond acceptors (Lipinski definition) is 4. The Bertz CT molecular complexity index is 1040. The number of hydrogen-bond donors (Lipinski definition) is 1. The van der Waals surface area contributed by atoms with E-state index in [4.69, 9.17) is 10.1 Å². The van der Waals surface area contributed by atoms with Gasteiger partial charge < -0.3 is 4.74 Å². The molecule has 0 bridgehead atoms. The molecular weight excluding hydrogens is 426 g/mol. The van der Waals surface area contributed by atoms with Crippen molar-refractivity contribution >= 4 is 56.4 Å². The van der Waals surface area contributed by atoms with Crippen LogP contribution in [0.15, 0.2) is 69.0 Å². The van der Waals surface area contributed by atoms with Gasteiger partial charge in [0.1, 0.15) is 11.6 Å². The van der Waals surface area contributed by atoms with Crippen molar-refractivity contribution < 1.29 is 9.53 Å². The molecule has 2 aromatic rings. The van der Waals surface area contributed by atoms with Gasteiger partial charge in [0.05, 0.1) is 22.9 Å². The number of rotatable bonds is 3. The van der Waals surface area contributed by atoms with Crippen LogP contribution in [0.5, 0.6) is 5.75 Å². The molecule has 0 aliphatic carbocycles. The fourth-order valence-electron chi connectivity index (χ4n) is 2.85. The van der Waals surface area contributed by atoms with Crippen molar-refractivity contribution in [2.75, 3.05) is 7.11 Å². The third-order valence-corrected chi connectivity index (χ3v) is 5.62. The smallest absolute Gasteiger partial charge is 0.283 e. The van der Waals surface area contributed by atoms with Crippen molar-refractivity contribution in [3.63, 3.8) is 0 Å². The molecule has 2 aromatic carbocycles. The number of ether oxygens (including phenoxy) is 1. The van der Waals surface area contributed by atoms with Crippen molar-refractivity contribution in [1.82, 2.24) is 4.90 Å². The topological polar surface area (TPSA) is 65.8 Å². The van der Waals surface area contributed by atoms with E-state index in [1.807, 2.05) is 53.9 Å². The number of nitrogens with one attached hydrogen (secondary N) is 1. The van der Waals surface area contributed by atoms with E-state index in [0.29, 0.717) is 10.9 Å². The Kier molecular flexibility index (Phi) is 4.72. The maximum Gasteiger partial charge on any atom is 0.283 e. The zero-order valence-electron chi connectivity index (χ0n) is 14.3. The number of aliphatic imine (C=N–C) groups is 1. The van der Waals surface area contributed by atoms with Crippen LogP contribution in [0.3, 0.4) is 0 Å². The molecule has 0 atom stereocenters. The van der Waals surface area contributed by atoms with Gasteiger partial charge in [-0.2, -0.15) is 4.99 Å². The zero-order valence-corrected chi connectivity index (χ0v) is 16.7. The largest absolute Gasteiger partial charge is 0.496 e. The molecule has 0 unspecified atom stereocenters. The van der Waals surface area contributed by atoms with Crippen molar-refractivity contribution in [3.8, 4) is 5.75 Å². The number of benzene rings is 2. The third kappa shape index (κ3) is 3.24. The molecule has 7 heteroatoms. The summed E-state index contributed by atoms with van der Waals surface area (Å²) in [7, 11) is 1.59. The van der Waals surface area contributed by atoms with Gasteiger partial charge in [0.15, 0.2) is 5.17 Å². The van der Waals surface area contributed by atoms with Gasteiger partial charge in [-0.25, -0.2) is 0 Å². The Labute approximate surface area is 169 Å². The first-order valence-corrected chi connectivity index (χ1v) is 9.75. The number of nitrogens with zero attached hydrogens (tertiary/aromatic N) is 2. The molecule has 1 N–H and O–H groups in total. The van der Waals surface area contributed by atoms with Crippen LogP contribution in [0.1, 0.15) is 11.1 Å². The second-order valence-electron chi connectivity index (χ2n) is 5.82. The van der Waals surface area contributed by atoms with Crippen LogP contribution in [-0.2, 0) is 4.79 Å². The van der Waals surface area contributed by atoms with E-state index < -0.39 is 5.91 Å². The molecule has 134 valence electrons. The standard InChI is InChI=1S/C20H14BrN3O2S/c1-26-17-8-7-12(10-15(17)21)9-14-18(22)24-16(13-5-3-2-4-6-13)11-27-20(24)23-19(14)25/h2-11,22H,1H3/b14-9+,22-18?. The second kappa shape index (κ2) is 7.17. The van der Waals surface area contributed by atoms with Crippen molar-refractivity contribution in [3.05, 3.63) is 75.1 Å². The first-order valence-electron chi connectivity index (χ1n) is 8.08. The summed E-state index contributed by atoms with van der Waals surface area (Å²) in [6.07, 6.45) is 1.68. The van der Waals surface area contributed by atoms with E-state index >= 15 is 0 Å².